The molecular formula is C31H43N3O2. The molecule has 194 valence electrons. The highest BCUT2D eigenvalue weighted by atomic mass is 16.5. The number of nitrogens with zero attached hydrogens (tertiary/aromatic N) is 2. The summed E-state index contributed by atoms with van der Waals surface area (Å²) in [6.07, 6.45) is 6.51. The van der Waals surface area contributed by atoms with E-state index in [-0.39, 0.29) is 24.3 Å². The summed E-state index contributed by atoms with van der Waals surface area (Å²) in [6, 6.07) is 17.5. The number of benzene rings is 2. The Balaban J connectivity index is 1.40. The summed E-state index contributed by atoms with van der Waals surface area (Å²) in [5.41, 5.74) is 4.56. The zero-order chi connectivity index (χ0) is 25.4. The lowest BCUT2D eigenvalue weighted by Gasteiger charge is -2.39. The lowest BCUT2D eigenvalue weighted by Crippen LogP contribution is -2.46. The maximum Gasteiger partial charge on any atom is 0.329 e. The molecule has 0 spiro atoms. The molecule has 1 heterocycles. The minimum absolute atomic E-state index is 0.0109. The van der Waals surface area contributed by atoms with Crippen molar-refractivity contribution in [3.05, 3.63) is 54.1 Å². The van der Waals surface area contributed by atoms with Crippen molar-refractivity contribution in [3.8, 4) is 0 Å². The Morgan fingerprint density at radius 1 is 1.08 bits per heavy atom. The molecule has 36 heavy (non-hydrogen) atoms. The number of hydrogen-bond donors (Lipinski definition) is 1. The molecule has 2 aliphatic carbocycles. The Kier molecular flexibility index (Phi) is 7.18. The second-order valence-electron chi connectivity index (χ2n) is 11.6. The van der Waals surface area contributed by atoms with Crippen molar-refractivity contribution in [1.82, 2.24) is 0 Å². The molecule has 0 saturated heterocycles. The number of carbonyl (C=O) groups is 1. The van der Waals surface area contributed by atoms with Crippen molar-refractivity contribution >= 4 is 23.0 Å². The lowest BCUT2D eigenvalue weighted by molar-refractivity contribution is -0.157. The first-order chi connectivity index (χ1) is 17.4. The number of para-hydroxylation sites is 2. The van der Waals surface area contributed by atoms with E-state index in [2.05, 4.69) is 98.4 Å². The minimum Gasteiger partial charge on any atom is -0.461 e. The van der Waals surface area contributed by atoms with Crippen LogP contribution in [0.25, 0.3) is 0 Å². The molecule has 5 rings (SSSR count). The predicted octanol–water partition coefficient (Wildman–Crippen LogP) is 7.00. The molecule has 3 aliphatic rings. The van der Waals surface area contributed by atoms with Crippen LogP contribution in [-0.2, 0) is 9.53 Å². The number of ether oxygens (including phenoxy) is 1. The van der Waals surface area contributed by atoms with Crippen molar-refractivity contribution in [1.29, 1.82) is 0 Å². The fourth-order valence-electron chi connectivity index (χ4n) is 6.29. The van der Waals surface area contributed by atoms with Gasteiger partial charge in [0.05, 0.1) is 11.4 Å². The minimum atomic E-state index is -0.343. The maximum absolute atomic E-state index is 13.8. The van der Waals surface area contributed by atoms with Crippen LogP contribution >= 0.6 is 0 Å². The van der Waals surface area contributed by atoms with Gasteiger partial charge in [-0.2, -0.15) is 0 Å². The summed E-state index contributed by atoms with van der Waals surface area (Å²) < 4.78 is 6.37. The van der Waals surface area contributed by atoms with Crippen LogP contribution < -0.4 is 15.1 Å². The molecule has 2 saturated carbocycles. The van der Waals surface area contributed by atoms with Crippen LogP contribution in [0, 0.1) is 17.8 Å². The lowest BCUT2D eigenvalue weighted by atomic mass is 9.75. The third-order valence-electron chi connectivity index (χ3n) is 8.69. The van der Waals surface area contributed by atoms with Crippen LogP contribution in [0.2, 0.25) is 0 Å². The number of anilines is 3. The quantitative estimate of drug-likeness (QED) is 0.405. The van der Waals surface area contributed by atoms with Crippen LogP contribution in [-0.4, -0.2) is 31.2 Å². The van der Waals surface area contributed by atoms with Gasteiger partial charge in [-0.05, 0) is 79.7 Å². The van der Waals surface area contributed by atoms with Crippen molar-refractivity contribution < 1.29 is 9.53 Å². The molecular weight excluding hydrogens is 446 g/mol. The van der Waals surface area contributed by atoms with Crippen molar-refractivity contribution in [2.24, 2.45) is 17.8 Å². The van der Waals surface area contributed by atoms with E-state index in [1.54, 1.807) is 0 Å². The standard InChI is InChI=1S/C31H43N3O2/c1-6-27(31(35)36-29-19-21(4)11-18-25(29)20(2)3)34-28-10-8-7-9-26(28)32-30(34)22-12-14-23(15-13-22)33(5)24-16-17-24/h7-10,12-15,20-21,24-25,27,29-30,32H,6,11,16-19H2,1-5H3/t21-,25+,27?,29?,30?/m1/s1. The zero-order valence-corrected chi connectivity index (χ0v) is 22.6. The molecule has 5 atom stereocenters. The van der Waals surface area contributed by atoms with Crippen molar-refractivity contribution in [2.75, 3.05) is 22.2 Å². The van der Waals surface area contributed by atoms with Gasteiger partial charge in [0.25, 0.3) is 0 Å². The highest BCUT2D eigenvalue weighted by molar-refractivity contribution is 5.86. The van der Waals surface area contributed by atoms with E-state index >= 15 is 0 Å². The van der Waals surface area contributed by atoms with Gasteiger partial charge in [0.1, 0.15) is 18.3 Å². The molecule has 2 fully saturated rings. The van der Waals surface area contributed by atoms with E-state index < -0.39 is 0 Å². The van der Waals surface area contributed by atoms with Crippen LogP contribution in [0.3, 0.4) is 0 Å². The SMILES string of the molecule is CCC(C(=O)OC1C[C@H](C)CC[C@H]1C(C)C)N1c2ccccc2NC1c1ccc(N(C)C2CC2)cc1. The molecule has 5 nitrogen and oxygen atoms in total. The fraction of sp³-hybridized carbons (Fsp3) is 0.581. The highest BCUT2D eigenvalue weighted by Gasteiger charge is 2.41. The van der Waals surface area contributed by atoms with Gasteiger partial charge in [0, 0.05) is 18.8 Å². The Morgan fingerprint density at radius 3 is 2.47 bits per heavy atom. The van der Waals surface area contributed by atoms with Gasteiger partial charge < -0.3 is 19.9 Å². The number of carbonyl (C=O) groups excluding carboxylic acids is 1. The Morgan fingerprint density at radius 2 is 1.81 bits per heavy atom. The second-order valence-corrected chi connectivity index (χ2v) is 11.6. The normalized spacial score (nSPS) is 26.3. The summed E-state index contributed by atoms with van der Waals surface area (Å²) in [6.45, 7) is 8.91. The largest absolute Gasteiger partial charge is 0.461 e. The van der Waals surface area contributed by atoms with E-state index in [0.717, 1.165) is 29.8 Å². The van der Waals surface area contributed by atoms with Gasteiger partial charge in [0.2, 0.25) is 0 Å². The van der Waals surface area contributed by atoms with E-state index in [9.17, 15) is 4.79 Å². The van der Waals surface area contributed by atoms with E-state index in [1.807, 2.05) is 0 Å². The average Bonchev–Trinajstić information content (AvgIpc) is 3.65. The average molecular weight is 490 g/mol. The molecule has 2 aromatic carbocycles. The summed E-state index contributed by atoms with van der Waals surface area (Å²) in [7, 11) is 2.18. The molecule has 0 bridgehead atoms. The number of fused-ring (bicyclic) bond motifs is 1. The van der Waals surface area contributed by atoms with Crippen LogP contribution in [0.5, 0.6) is 0 Å². The van der Waals surface area contributed by atoms with Gasteiger partial charge in [-0.1, -0.05) is 58.4 Å². The van der Waals surface area contributed by atoms with Crippen molar-refractivity contribution in [3.63, 3.8) is 0 Å². The molecule has 2 aromatic rings. The summed E-state index contributed by atoms with van der Waals surface area (Å²) >= 11 is 0. The van der Waals surface area contributed by atoms with Gasteiger partial charge in [-0.3, -0.25) is 0 Å². The Bertz CT molecular complexity index is 1050. The predicted molar refractivity (Wildman–Crippen MR) is 148 cm³/mol. The first kappa shape index (κ1) is 25.0. The molecule has 0 aromatic heterocycles. The summed E-state index contributed by atoms with van der Waals surface area (Å²) in [4.78, 5) is 18.5. The van der Waals surface area contributed by atoms with Gasteiger partial charge >= 0.3 is 5.97 Å². The molecule has 5 heteroatoms. The molecule has 1 N–H and O–H groups in total. The van der Waals surface area contributed by atoms with Gasteiger partial charge in [-0.15, -0.1) is 0 Å². The van der Waals surface area contributed by atoms with Gasteiger partial charge in [-0.25, -0.2) is 4.79 Å². The second kappa shape index (κ2) is 10.4. The first-order valence-corrected chi connectivity index (χ1v) is 14.0. The third kappa shape index (κ3) is 4.94. The molecule has 0 radical (unpaired) electrons. The number of hydrogen-bond acceptors (Lipinski definition) is 5. The molecule has 3 unspecified atom stereocenters. The Labute approximate surface area is 217 Å². The summed E-state index contributed by atoms with van der Waals surface area (Å²) in [5, 5.41) is 3.70. The van der Waals surface area contributed by atoms with Crippen LogP contribution in [0.4, 0.5) is 17.1 Å². The number of nitrogens with one attached hydrogen (secondary N) is 1. The van der Waals surface area contributed by atoms with E-state index in [4.69, 9.17) is 4.74 Å². The molecule has 1 aliphatic heterocycles. The van der Waals surface area contributed by atoms with Crippen LogP contribution in [0.1, 0.15) is 77.9 Å². The topological polar surface area (TPSA) is 44.8 Å². The van der Waals surface area contributed by atoms with E-state index in [0.29, 0.717) is 30.2 Å². The third-order valence-corrected chi connectivity index (χ3v) is 8.69. The summed E-state index contributed by atoms with van der Waals surface area (Å²) in [5.74, 6) is 1.48. The Hall–Kier alpha value is -2.69. The number of esters is 1. The first-order valence-electron chi connectivity index (χ1n) is 14.0. The van der Waals surface area contributed by atoms with Crippen molar-refractivity contribution in [2.45, 2.75) is 90.6 Å². The highest BCUT2D eigenvalue weighted by Crippen LogP contribution is 2.44. The maximum atomic E-state index is 13.8. The van der Waals surface area contributed by atoms with E-state index in [1.165, 1.54) is 24.9 Å². The van der Waals surface area contributed by atoms with Crippen LogP contribution in [0.15, 0.2) is 48.5 Å². The smallest absolute Gasteiger partial charge is 0.329 e. The number of rotatable bonds is 8. The molecule has 0 amide bonds. The monoisotopic (exact) mass is 489 g/mol. The zero-order valence-electron chi connectivity index (χ0n) is 22.6. The van der Waals surface area contributed by atoms with Gasteiger partial charge in [0.15, 0.2) is 0 Å². The fourth-order valence-corrected chi connectivity index (χ4v) is 6.29.